The van der Waals surface area contributed by atoms with Crippen molar-refractivity contribution in [3.63, 3.8) is 0 Å². The van der Waals surface area contributed by atoms with Gasteiger partial charge in [-0.3, -0.25) is 0 Å². The minimum absolute atomic E-state index is 0.436. The summed E-state index contributed by atoms with van der Waals surface area (Å²) in [6, 6.07) is 9.72. The first-order chi connectivity index (χ1) is 8.58. The van der Waals surface area contributed by atoms with Crippen molar-refractivity contribution in [3.05, 3.63) is 57.9 Å². The molecule has 0 saturated heterocycles. The molecule has 1 aromatic heterocycles. The minimum Gasteiger partial charge on any atom is -0.487 e. The quantitative estimate of drug-likeness (QED) is 0.771. The molecule has 0 spiro atoms. The molecule has 0 fully saturated rings. The van der Waals surface area contributed by atoms with Crippen molar-refractivity contribution in [2.75, 3.05) is 0 Å². The van der Waals surface area contributed by atoms with Gasteiger partial charge in [0, 0.05) is 0 Å². The van der Waals surface area contributed by atoms with Gasteiger partial charge in [-0.2, -0.15) is 0 Å². The van der Waals surface area contributed by atoms with Crippen LogP contribution in [0.3, 0.4) is 0 Å². The van der Waals surface area contributed by atoms with E-state index in [0.29, 0.717) is 11.8 Å². The highest BCUT2D eigenvalue weighted by Gasteiger charge is 2.07. The second-order valence-corrected chi connectivity index (χ2v) is 4.78. The van der Waals surface area contributed by atoms with Crippen molar-refractivity contribution in [2.24, 2.45) is 0 Å². The molecule has 0 aliphatic heterocycles. The Labute approximate surface area is 113 Å². The summed E-state index contributed by atoms with van der Waals surface area (Å²) in [5.74, 6) is 0.941. The molecule has 2 aromatic rings. The lowest BCUT2D eigenvalue weighted by atomic mass is 10.1. The molecule has 1 heterocycles. The number of halogens is 1. The molecule has 0 radical (unpaired) electrons. The summed E-state index contributed by atoms with van der Waals surface area (Å²) in [7, 11) is 0. The molecule has 94 valence electrons. The van der Waals surface area contributed by atoms with Crippen LogP contribution in [0.1, 0.15) is 22.4 Å². The molecule has 0 atom stereocenters. The molecule has 0 aliphatic carbocycles. The summed E-state index contributed by atoms with van der Waals surface area (Å²) in [4.78, 5) is 4.21. The zero-order valence-electron chi connectivity index (χ0n) is 10.8. The maximum absolute atomic E-state index is 5.87. The maximum atomic E-state index is 5.87. The summed E-state index contributed by atoms with van der Waals surface area (Å²) in [5, 5.41) is 0.494. The van der Waals surface area contributed by atoms with Crippen LogP contribution in [0, 0.1) is 20.8 Å². The number of pyridine rings is 1. The van der Waals surface area contributed by atoms with Crippen molar-refractivity contribution < 1.29 is 4.74 Å². The van der Waals surface area contributed by atoms with E-state index >= 15 is 0 Å². The van der Waals surface area contributed by atoms with Crippen LogP contribution in [0.2, 0.25) is 5.15 Å². The van der Waals surface area contributed by atoms with Gasteiger partial charge in [-0.05, 0) is 49.6 Å². The summed E-state index contributed by atoms with van der Waals surface area (Å²) < 4.78 is 5.87. The number of aryl methyl sites for hydroxylation is 2. The third-order valence-corrected chi connectivity index (χ3v) is 3.22. The predicted molar refractivity (Wildman–Crippen MR) is 74.2 cm³/mol. The summed E-state index contributed by atoms with van der Waals surface area (Å²) in [6.07, 6.45) is 0. The van der Waals surface area contributed by atoms with Gasteiger partial charge in [0.05, 0.1) is 5.69 Å². The maximum Gasteiger partial charge on any atom is 0.130 e. The van der Waals surface area contributed by atoms with Gasteiger partial charge in [0.25, 0.3) is 0 Å². The van der Waals surface area contributed by atoms with Crippen molar-refractivity contribution >= 4 is 11.6 Å². The largest absolute Gasteiger partial charge is 0.487 e. The van der Waals surface area contributed by atoms with E-state index in [1.54, 1.807) is 6.07 Å². The van der Waals surface area contributed by atoms with Crippen LogP contribution >= 0.6 is 11.6 Å². The summed E-state index contributed by atoms with van der Waals surface area (Å²) in [5.41, 5.74) is 4.38. The number of nitrogens with zero attached hydrogens (tertiary/aromatic N) is 1. The normalized spacial score (nSPS) is 10.4. The van der Waals surface area contributed by atoms with Gasteiger partial charge < -0.3 is 4.74 Å². The first-order valence-corrected chi connectivity index (χ1v) is 6.27. The van der Waals surface area contributed by atoms with E-state index in [-0.39, 0.29) is 0 Å². The summed E-state index contributed by atoms with van der Waals surface area (Å²) in [6.45, 7) is 6.64. The molecule has 0 aliphatic rings. The number of hydrogen-bond acceptors (Lipinski definition) is 2. The third-order valence-electron chi connectivity index (χ3n) is 3.01. The predicted octanol–water partition coefficient (Wildman–Crippen LogP) is 4.24. The van der Waals surface area contributed by atoms with Crippen molar-refractivity contribution in [3.8, 4) is 5.75 Å². The smallest absolute Gasteiger partial charge is 0.130 e. The van der Waals surface area contributed by atoms with E-state index in [1.807, 2.05) is 19.1 Å². The van der Waals surface area contributed by atoms with Crippen LogP contribution in [0.4, 0.5) is 0 Å². The van der Waals surface area contributed by atoms with Crippen molar-refractivity contribution in [1.29, 1.82) is 0 Å². The molecule has 2 nitrogen and oxygen atoms in total. The fraction of sp³-hybridized carbons (Fsp3) is 0.267. The monoisotopic (exact) mass is 261 g/mol. The Bertz CT molecular complexity index is 566. The SMILES string of the molecule is Cc1ccc(C)c(OCc2cccc(Cl)n2)c1C. The average Bonchev–Trinajstić information content (AvgIpc) is 2.34. The topological polar surface area (TPSA) is 22.1 Å². The number of aromatic nitrogens is 1. The van der Waals surface area contributed by atoms with Crippen LogP contribution in [0.5, 0.6) is 5.75 Å². The Hall–Kier alpha value is -1.54. The van der Waals surface area contributed by atoms with Gasteiger partial charge in [-0.15, -0.1) is 0 Å². The van der Waals surface area contributed by atoms with E-state index in [2.05, 4.69) is 31.0 Å². The molecule has 0 saturated carbocycles. The van der Waals surface area contributed by atoms with E-state index in [0.717, 1.165) is 17.0 Å². The minimum atomic E-state index is 0.436. The highest BCUT2D eigenvalue weighted by molar-refractivity contribution is 6.29. The second kappa shape index (κ2) is 5.40. The zero-order valence-corrected chi connectivity index (χ0v) is 11.6. The van der Waals surface area contributed by atoms with E-state index in [1.165, 1.54) is 11.1 Å². The van der Waals surface area contributed by atoms with E-state index < -0.39 is 0 Å². The van der Waals surface area contributed by atoms with Crippen LogP contribution in [0.15, 0.2) is 30.3 Å². The number of rotatable bonds is 3. The van der Waals surface area contributed by atoms with Crippen molar-refractivity contribution in [2.45, 2.75) is 27.4 Å². The van der Waals surface area contributed by atoms with Crippen LogP contribution < -0.4 is 4.74 Å². The molecule has 3 heteroatoms. The Balaban J connectivity index is 2.18. The lowest BCUT2D eigenvalue weighted by Crippen LogP contribution is -2.01. The lowest BCUT2D eigenvalue weighted by molar-refractivity contribution is 0.297. The standard InChI is InChI=1S/C15H16ClNO/c1-10-7-8-11(2)15(12(10)3)18-9-13-5-4-6-14(16)17-13/h4-8H,9H2,1-3H3. The number of ether oxygens (including phenoxy) is 1. The Kier molecular flexibility index (Phi) is 3.87. The van der Waals surface area contributed by atoms with Gasteiger partial charge in [-0.25, -0.2) is 4.98 Å². The lowest BCUT2D eigenvalue weighted by Gasteiger charge is -2.13. The van der Waals surface area contributed by atoms with Gasteiger partial charge in [0.2, 0.25) is 0 Å². The molecule has 0 bridgehead atoms. The fourth-order valence-corrected chi connectivity index (χ4v) is 2.01. The second-order valence-electron chi connectivity index (χ2n) is 4.39. The average molecular weight is 262 g/mol. The van der Waals surface area contributed by atoms with Gasteiger partial charge in [0.15, 0.2) is 0 Å². The molecule has 2 rings (SSSR count). The van der Waals surface area contributed by atoms with Crippen LogP contribution in [-0.2, 0) is 6.61 Å². The highest BCUT2D eigenvalue weighted by atomic mass is 35.5. The first kappa shape index (κ1) is 12.9. The van der Waals surface area contributed by atoms with Crippen LogP contribution in [0.25, 0.3) is 0 Å². The Morgan fingerprint density at radius 2 is 1.78 bits per heavy atom. The van der Waals surface area contributed by atoms with E-state index in [9.17, 15) is 0 Å². The third kappa shape index (κ3) is 2.82. The molecule has 18 heavy (non-hydrogen) atoms. The van der Waals surface area contributed by atoms with E-state index in [4.69, 9.17) is 16.3 Å². The van der Waals surface area contributed by atoms with Crippen LogP contribution in [-0.4, -0.2) is 4.98 Å². The first-order valence-electron chi connectivity index (χ1n) is 5.89. The Morgan fingerprint density at radius 1 is 1.06 bits per heavy atom. The molecular formula is C15H16ClNO. The summed E-state index contributed by atoms with van der Waals surface area (Å²) >= 11 is 5.85. The molecule has 1 aromatic carbocycles. The molecular weight excluding hydrogens is 246 g/mol. The molecule has 0 amide bonds. The van der Waals surface area contributed by atoms with Gasteiger partial charge >= 0.3 is 0 Å². The molecule has 0 unspecified atom stereocenters. The van der Waals surface area contributed by atoms with Gasteiger partial charge in [0.1, 0.15) is 17.5 Å². The van der Waals surface area contributed by atoms with Gasteiger partial charge in [-0.1, -0.05) is 29.8 Å². The number of hydrogen-bond donors (Lipinski definition) is 0. The number of benzene rings is 1. The highest BCUT2D eigenvalue weighted by Crippen LogP contribution is 2.26. The Morgan fingerprint density at radius 3 is 2.50 bits per heavy atom. The molecule has 0 N–H and O–H groups in total. The zero-order chi connectivity index (χ0) is 13.1. The van der Waals surface area contributed by atoms with Crippen molar-refractivity contribution in [1.82, 2.24) is 4.98 Å². The fourth-order valence-electron chi connectivity index (χ4n) is 1.82.